The molecule has 0 saturated heterocycles. The zero-order chi connectivity index (χ0) is 14.6. The van der Waals surface area contributed by atoms with Gasteiger partial charge in [-0.05, 0) is 18.2 Å². The van der Waals surface area contributed by atoms with E-state index in [1.165, 1.54) is 11.0 Å². The molecule has 0 aliphatic heterocycles. The standard InChI is InChI=1S/C12H14BrF3N2O/c1-18(2)11(19)3-4-17-10-6-8(12(14,15)16)5-9(13)7-10/h5-7,17H,3-4H2,1-2H3. The summed E-state index contributed by atoms with van der Waals surface area (Å²) >= 11 is 3.03. The number of nitrogens with one attached hydrogen (secondary N) is 1. The van der Waals surface area contributed by atoms with Crippen LogP contribution in [0.3, 0.4) is 0 Å². The van der Waals surface area contributed by atoms with Crippen molar-refractivity contribution < 1.29 is 18.0 Å². The molecule has 0 saturated carbocycles. The fourth-order valence-electron chi connectivity index (χ4n) is 1.39. The van der Waals surface area contributed by atoms with E-state index in [0.717, 1.165) is 12.1 Å². The highest BCUT2D eigenvalue weighted by atomic mass is 79.9. The summed E-state index contributed by atoms with van der Waals surface area (Å²) in [5.41, 5.74) is -0.406. The summed E-state index contributed by atoms with van der Waals surface area (Å²) in [6.07, 6.45) is -4.17. The van der Waals surface area contributed by atoms with E-state index in [4.69, 9.17) is 0 Å². The first-order valence-electron chi connectivity index (χ1n) is 5.52. The predicted octanol–water partition coefficient (Wildman–Crippen LogP) is 3.36. The molecule has 0 radical (unpaired) electrons. The van der Waals surface area contributed by atoms with Gasteiger partial charge >= 0.3 is 6.18 Å². The van der Waals surface area contributed by atoms with Gasteiger partial charge in [0.2, 0.25) is 5.91 Å². The van der Waals surface area contributed by atoms with Gasteiger partial charge < -0.3 is 10.2 Å². The largest absolute Gasteiger partial charge is 0.416 e. The van der Waals surface area contributed by atoms with Gasteiger partial charge in [-0.2, -0.15) is 13.2 Å². The Hall–Kier alpha value is -1.24. The lowest BCUT2D eigenvalue weighted by Crippen LogP contribution is -2.23. The van der Waals surface area contributed by atoms with Crippen molar-refractivity contribution in [3.63, 3.8) is 0 Å². The van der Waals surface area contributed by atoms with Crippen molar-refractivity contribution in [1.82, 2.24) is 4.90 Å². The number of hydrogen-bond acceptors (Lipinski definition) is 2. The fourth-order valence-corrected chi connectivity index (χ4v) is 1.89. The van der Waals surface area contributed by atoms with Gasteiger partial charge in [0.25, 0.3) is 0 Å². The number of anilines is 1. The first kappa shape index (κ1) is 15.8. The maximum absolute atomic E-state index is 12.6. The quantitative estimate of drug-likeness (QED) is 0.912. The molecule has 1 N–H and O–H groups in total. The van der Waals surface area contributed by atoms with Crippen LogP contribution >= 0.6 is 15.9 Å². The maximum atomic E-state index is 12.6. The first-order valence-corrected chi connectivity index (χ1v) is 6.31. The Kier molecular flexibility index (Phi) is 5.22. The monoisotopic (exact) mass is 338 g/mol. The molecule has 0 atom stereocenters. The third-order valence-corrected chi connectivity index (χ3v) is 2.85. The van der Waals surface area contributed by atoms with Crippen LogP contribution in [0.25, 0.3) is 0 Å². The molecule has 0 spiro atoms. The van der Waals surface area contributed by atoms with E-state index in [1.807, 2.05) is 0 Å². The van der Waals surface area contributed by atoms with Crippen LogP contribution in [0.2, 0.25) is 0 Å². The van der Waals surface area contributed by atoms with Crippen molar-refractivity contribution >= 4 is 27.5 Å². The Morgan fingerprint density at radius 3 is 2.47 bits per heavy atom. The van der Waals surface area contributed by atoms with Crippen molar-refractivity contribution in [1.29, 1.82) is 0 Å². The zero-order valence-electron chi connectivity index (χ0n) is 10.5. The normalized spacial score (nSPS) is 11.3. The molecule has 0 aliphatic carbocycles. The molecule has 1 aromatic carbocycles. The second kappa shape index (κ2) is 6.27. The highest BCUT2D eigenvalue weighted by Crippen LogP contribution is 2.33. The number of nitrogens with zero attached hydrogens (tertiary/aromatic N) is 1. The molecule has 0 aliphatic rings. The minimum Gasteiger partial charge on any atom is -0.384 e. The van der Waals surface area contributed by atoms with Crippen molar-refractivity contribution in [2.45, 2.75) is 12.6 Å². The molecular formula is C12H14BrF3N2O. The lowest BCUT2D eigenvalue weighted by Gasteiger charge is -2.13. The van der Waals surface area contributed by atoms with E-state index in [2.05, 4.69) is 21.2 Å². The maximum Gasteiger partial charge on any atom is 0.416 e. The summed E-state index contributed by atoms with van der Waals surface area (Å²) in [7, 11) is 3.26. The Labute approximate surface area is 117 Å². The lowest BCUT2D eigenvalue weighted by molar-refractivity contribution is -0.137. The van der Waals surface area contributed by atoms with Crippen LogP contribution in [-0.2, 0) is 11.0 Å². The SMILES string of the molecule is CN(C)C(=O)CCNc1cc(Br)cc(C(F)(F)F)c1. The highest BCUT2D eigenvalue weighted by Gasteiger charge is 2.31. The van der Waals surface area contributed by atoms with E-state index in [-0.39, 0.29) is 18.9 Å². The van der Waals surface area contributed by atoms with Crippen molar-refractivity contribution in [2.75, 3.05) is 26.0 Å². The van der Waals surface area contributed by atoms with Gasteiger partial charge in [0, 0.05) is 37.2 Å². The molecule has 1 aromatic rings. The Morgan fingerprint density at radius 2 is 1.95 bits per heavy atom. The molecule has 0 aromatic heterocycles. The smallest absolute Gasteiger partial charge is 0.384 e. The van der Waals surface area contributed by atoms with Crippen molar-refractivity contribution in [3.05, 3.63) is 28.2 Å². The average Bonchev–Trinajstić information content (AvgIpc) is 2.26. The Bertz CT molecular complexity index is 461. The molecule has 3 nitrogen and oxygen atoms in total. The molecule has 7 heteroatoms. The van der Waals surface area contributed by atoms with Crippen LogP contribution in [0.5, 0.6) is 0 Å². The minimum atomic E-state index is -4.39. The number of carbonyl (C=O) groups is 1. The highest BCUT2D eigenvalue weighted by molar-refractivity contribution is 9.10. The number of rotatable bonds is 4. The molecule has 0 fully saturated rings. The van der Waals surface area contributed by atoms with Crippen molar-refractivity contribution in [2.24, 2.45) is 0 Å². The number of halogens is 4. The Morgan fingerprint density at radius 1 is 1.32 bits per heavy atom. The fraction of sp³-hybridized carbons (Fsp3) is 0.417. The molecule has 0 bridgehead atoms. The summed E-state index contributed by atoms with van der Waals surface area (Å²) in [4.78, 5) is 12.8. The second-order valence-corrected chi connectivity index (χ2v) is 5.11. The third kappa shape index (κ3) is 5.10. The van der Waals surface area contributed by atoms with E-state index in [9.17, 15) is 18.0 Å². The van der Waals surface area contributed by atoms with Gasteiger partial charge in [-0.15, -0.1) is 0 Å². The van der Waals surface area contributed by atoms with Crippen LogP contribution in [0, 0.1) is 0 Å². The second-order valence-electron chi connectivity index (χ2n) is 4.19. The van der Waals surface area contributed by atoms with Gasteiger partial charge in [0.15, 0.2) is 0 Å². The summed E-state index contributed by atoms with van der Waals surface area (Å²) in [6.45, 7) is 0.283. The summed E-state index contributed by atoms with van der Waals surface area (Å²) < 4.78 is 38.1. The van der Waals surface area contributed by atoms with Gasteiger partial charge in [0.1, 0.15) is 0 Å². The molecule has 1 amide bonds. The molecule has 1 rings (SSSR count). The number of carbonyl (C=O) groups excluding carboxylic acids is 1. The molecular weight excluding hydrogens is 325 g/mol. The molecule has 0 heterocycles. The van der Waals surface area contributed by atoms with E-state index in [0.29, 0.717) is 10.2 Å². The lowest BCUT2D eigenvalue weighted by atomic mass is 10.2. The molecule has 0 unspecified atom stereocenters. The number of hydrogen-bond donors (Lipinski definition) is 1. The van der Waals surface area contributed by atoms with Crippen molar-refractivity contribution in [3.8, 4) is 0 Å². The van der Waals surface area contributed by atoms with Gasteiger partial charge in [-0.1, -0.05) is 15.9 Å². The topological polar surface area (TPSA) is 32.3 Å². The summed E-state index contributed by atoms with van der Waals surface area (Å²) in [5.74, 6) is -0.0847. The minimum absolute atomic E-state index is 0.0847. The van der Waals surface area contributed by atoms with Crippen LogP contribution in [0.4, 0.5) is 18.9 Å². The summed E-state index contributed by atoms with van der Waals surface area (Å²) in [5, 5.41) is 2.81. The number of benzene rings is 1. The number of amides is 1. The van der Waals surface area contributed by atoms with Crippen LogP contribution in [0.15, 0.2) is 22.7 Å². The first-order chi connectivity index (χ1) is 8.70. The molecule has 106 valence electrons. The van der Waals surface area contributed by atoms with Crippen LogP contribution in [0.1, 0.15) is 12.0 Å². The van der Waals surface area contributed by atoms with Crippen LogP contribution in [-0.4, -0.2) is 31.4 Å². The average molecular weight is 339 g/mol. The Balaban J connectivity index is 2.69. The van der Waals surface area contributed by atoms with E-state index < -0.39 is 11.7 Å². The van der Waals surface area contributed by atoms with Crippen LogP contribution < -0.4 is 5.32 Å². The van der Waals surface area contributed by atoms with E-state index >= 15 is 0 Å². The van der Waals surface area contributed by atoms with E-state index in [1.54, 1.807) is 14.1 Å². The predicted molar refractivity (Wildman–Crippen MR) is 70.9 cm³/mol. The molecule has 19 heavy (non-hydrogen) atoms. The third-order valence-electron chi connectivity index (χ3n) is 2.39. The summed E-state index contributed by atoms with van der Waals surface area (Å²) in [6, 6.07) is 3.57. The van der Waals surface area contributed by atoms with Gasteiger partial charge in [-0.3, -0.25) is 4.79 Å². The van der Waals surface area contributed by atoms with Gasteiger partial charge in [0.05, 0.1) is 5.56 Å². The number of alkyl halides is 3. The van der Waals surface area contributed by atoms with Gasteiger partial charge in [-0.25, -0.2) is 0 Å². The zero-order valence-corrected chi connectivity index (χ0v) is 12.1.